The van der Waals surface area contributed by atoms with Gasteiger partial charge in [-0.1, -0.05) is 48.7 Å². The first kappa shape index (κ1) is 25.0. The molecule has 3 amide bonds. The van der Waals surface area contributed by atoms with Gasteiger partial charge in [0.1, 0.15) is 18.3 Å². The SMILES string of the molecule is CCCCN(CC(=O)N1c2ccccc2-n2cccc2C1c1ccco1)C(=O)Nc1ccc(Cl)cc1Cl. The van der Waals surface area contributed by atoms with Crippen molar-refractivity contribution in [3.8, 4) is 5.69 Å². The third-order valence-electron chi connectivity index (χ3n) is 6.37. The minimum absolute atomic E-state index is 0.122. The Kier molecular flexibility index (Phi) is 7.26. The van der Waals surface area contributed by atoms with Crippen LogP contribution < -0.4 is 10.2 Å². The van der Waals surface area contributed by atoms with E-state index in [1.165, 1.54) is 4.90 Å². The van der Waals surface area contributed by atoms with E-state index < -0.39 is 12.1 Å². The molecule has 1 aliphatic heterocycles. The lowest BCUT2D eigenvalue weighted by Gasteiger charge is -2.38. The molecule has 0 spiro atoms. The number of nitrogens with zero attached hydrogens (tertiary/aromatic N) is 3. The third kappa shape index (κ3) is 4.97. The van der Waals surface area contributed by atoms with Crippen LogP contribution in [-0.4, -0.2) is 34.5 Å². The number of para-hydroxylation sites is 2. The minimum Gasteiger partial charge on any atom is -0.467 e. The Labute approximate surface area is 225 Å². The lowest BCUT2D eigenvalue weighted by molar-refractivity contribution is -0.119. The van der Waals surface area contributed by atoms with Crippen LogP contribution in [0.15, 0.2) is 83.6 Å². The van der Waals surface area contributed by atoms with Gasteiger partial charge >= 0.3 is 6.03 Å². The van der Waals surface area contributed by atoms with Crippen molar-refractivity contribution in [3.05, 3.63) is 101 Å². The Morgan fingerprint density at radius 1 is 1.03 bits per heavy atom. The van der Waals surface area contributed by atoms with Crippen LogP contribution in [0, 0.1) is 0 Å². The summed E-state index contributed by atoms with van der Waals surface area (Å²) in [6.07, 6.45) is 5.19. The molecule has 1 atom stereocenters. The number of carbonyl (C=O) groups excluding carboxylic acids is 2. The maximum absolute atomic E-state index is 14.0. The molecule has 1 N–H and O–H groups in total. The molecule has 5 rings (SSSR count). The molecule has 0 fully saturated rings. The van der Waals surface area contributed by atoms with Gasteiger partial charge < -0.3 is 19.2 Å². The summed E-state index contributed by atoms with van der Waals surface area (Å²) in [4.78, 5) is 30.6. The zero-order chi connectivity index (χ0) is 25.9. The summed E-state index contributed by atoms with van der Waals surface area (Å²) in [5.41, 5.74) is 2.96. The second-order valence-electron chi connectivity index (χ2n) is 8.80. The first-order valence-electron chi connectivity index (χ1n) is 12.1. The minimum atomic E-state index is -0.478. The number of nitrogens with one attached hydrogen (secondary N) is 1. The van der Waals surface area contributed by atoms with Gasteiger partial charge in [0.05, 0.1) is 34.0 Å². The highest BCUT2D eigenvalue weighted by Crippen LogP contribution is 2.42. The molecule has 1 unspecified atom stereocenters. The third-order valence-corrected chi connectivity index (χ3v) is 6.92. The van der Waals surface area contributed by atoms with Crippen molar-refractivity contribution in [1.82, 2.24) is 9.47 Å². The monoisotopic (exact) mass is 536 g/mol. The van der Waals surface area contributed by atoms with Crippen LogP contribution in [0.3, 0.4) is 0 Å². The molecule has 37 heavy (non-hydrogen) atoms. The zero-order valence-electron chi connectivity index (χ0n) is 20.2. The number of furan rings is 1. The standard InChI is InChI=1S/C28H26Cl2N4O3/c1-2-3-14-32(28(36)31-21-13-12-19(29)17-20(21)30)18-26(35)34-23-9-5-4-8-22(23)33-15-6-10-24(33)27(34)25-11-7-16-37-25/h4-13,15-17,27H,2-3,14,18H2,1H3,(H,31,36). The molecular weight excluding hydrogens is 511 g/mol. The second-order valence-corrected chi connectivity index (χ2v) is 9.65. The summed E-state index contributed by atoms with van der Waals surface area (Å²) in [6, 6.07) is 19.3. The number of benzene rings is 2. The number of anilines is 2. The van der Waals surface area contributed by atoms with Crippen LogP contribution in [0.25, 0.3) is 5.69 Å². The summed E-state index contributed by atoms with van der Waals surface area (Å²) in [6.45, 7) is 2.33. The molecule has 0 aliphatic carbocycles. The van der Waals surface area contributed by atoms with Crippen LogP contribution in [-0.2, 0) is 4.79 Å². The summed E-state index contributed by atoms with van der Waals surface area (Å²) in [5, 5.41) is 3.62. The van der Waals surface area contributed by atoms with E-state index in [4.69, 9.17) is 27.6 Å². The predicted octanol–water partition coefficient (Wildman–Crippen LogP) is 7.15. The Bertz CT molecular complexity index is 1420. The van der Waals surface area contributed by atoms with Crippen LogP contribution in [0.2, 0.25) is 10.0 Å². The van der Waals surface area contributed by atoms with Gasteiger partial charge in [-0.3, -0.25) is 9.69 Å². The van der Waals surface area contributed by atoms with Crippen LogP contribution in [0.1, 0.15) is 37.3 Å². The molecule has 4 aromatic rings. The number of halogens is 2. The van der Waals surface area contributed by atoms with E-state index in [2.05, 4.69) is 9.88 Å². The normalized spacial score (nSPS) is 14.1. The van der Waals surface area contributed by atoms with Crippen LogP contribution in [0.4, 0.5) is 16.2 Å². The number of aromatic nitrogens is 1. The highest BCUT2D eigenvalue weighted by atomic mass is 35.5. The van der Waals surface area contributed by atoms with E-state index in [9.17, 15) is 9.59 Å². The molecule has 7 nitrogen and oxygen atoms in total. The number of hydrogen-bond donors (Lipinski definition) is 1. The van der Waals surface area contributed by atoms with E-state index in [0.717, 1.165) is 29.9 Å². The average Bonchev–Trinajstić information content (AvgIpc) is 3.60. The maximum Gasteiger partial charge on any atom is 0.322 e. The second kappa shape index (κ2) is 10.7. The fraction of sp³-hybridized carbons (Fsp3) is 0.214. The first-order chi connectivity index (χ1) is 18.0. The molecule has 1 aliphatic rings. The number of carbonyl (C=O) groups is 2. The molecule has 190 valence electrons. The number of fused-ring (bicyclic) bond motifs is 3. The van der Waals surface area contributed by atoms with E-state index in [1.807, 2.05) is 61.7 Å². The Morgan fingerprint density at radius 2 is 1.84 bits per heavy atom. The molecule has 9 heteroatoms. The number of hydrogen-bond acceptors (Lipinski definition) is 3. The predicted molar refractivity (Wildman–Crippen MR) is 146 cm³/mol. The van der Waals surface area contributed by atoms with Gasteiger partial charge in [0.15, 0.2) is 0 Å². The van der Waals surface area contributed by atoms with Crippen molar-refractivity contribution in [3.63, 3.8) is 0 Å². The van der Waals surface area contributed by atoms with E-state index in [-0.39, 0.29) is 12.5 Å². The number of rotatable bonds is 7. The van der Waals surface area contributed by atoms with Gasteiger partial charge in [-0.05, 0) is 61.0 Å². The molecule has 0 radical (unpaired) electrons. The fourth-order valence-electron chi connectivity index (χ4n) is 4.60. The molecular formula is C28H26Cl2N4O3. The van der Waals surface area contributed by atoms with E-state index >= 15 is 0 Å². The topological polar surface area (TPSA) is 70.7 Å². The Balaban J connectivity index is 1.47. The van der Waals surface area contributed by atoms with Crippen molar-refractivity contribution in [2.75, 3.05) is 23.3 Å². The Morgan fingerprint density at radius 3 is 2.57 bits per heavy atom. The molecule has 0 bridgehead atoms. The van der Waals surface area contributed by atoms with E-state index in [1.54, 1.807) is 29.4 Å². The summed E-state index contributed by atoms with van der Waals surface area (Å²) >= 11 is 12.3. The molecule has 2 aromatic carbocycles. The molecule has 3 heterocycles. The van der Waals surface area contributed by atoms with Crippen molar-refractivity contribution < 1.29 is 14.0 Å². The smallest absolute Gasteiger partial charge is 0.322 e. The molecule has 0 saturated heterocycles. The van der Waals surface area contributed by atoms with Gasteiger partial charge in [0.2, 0.25) is 5.91 Å². The van der Waals surface area contributed by atoms with Gasteiger partial charge in [0.25, 0.3) is 0 Å². The molecule has 0 saturated carbocycles. The quantitative estimate of drug-likeness (QED) is 0.272. The highest BCUT2D eigenvalue weighted by Gasteiger charge is 2.38. The highest BCUT2D eigenvalue weighted by molar-refractivity contribution is 6.36. The van der Waals surface area contributed by atoms with Crippen molar-refractivity contribution >= 4 is 46.5 Å². The maximum atomic E-state index is 14.0. The van der Waals surface area contributed by atoms with Gasteiger partial charge in [0, 0.05) is 17.8 Å². The fourth-order valence-corrected chi connectivity index (χ4v) is 5.06. The van der Waals surface area contributed by atoms with Crippen LogP contribution in [0.5, 0.6) is 0 Å². The van der Waals surface area contributed by atoms with Gasteiger partial charge in [-0.15, -0.1) is 0 Å². The number of urea groups is 1. The lowest BCUT2D eigenvalue weighted by Crippen LogP contribution is -2.48. The largest absolute Gasteiger partial charge is 0.467 e. The number of amides is 3. The number of unbranched alkanes of at least 4 members (excludes halogenated alkanes) is 1. The van der Waals surface area contributed by atoms with Crippen LogP contribution >= 0.6 is 23.2 Å². The molecule has 2 aromatic heterocycles. The average molecular weight is 537 g/mol. The van der Waals surface area contributed by atoms with Gasteiger partial charge in [-0.25, -0.2) is 4.79 Å². The lowest BCUT2D eigenvalue weighted by atomic mass is 10.0. The van der Waals surface area contributed by atoms with E-state index in [0.29, 0.717) is 28.0 Å². The Hall–Kier alpha value is -3.68. The summed E-state index contributed by atoms with van der Waals surface area (Å²) in [5.74, 6) is 0.412. The van der Waals surface area contributed by atoms with Gasteiger partial charge in [-0.2, -0.15) is 0 Å². The van der Waals surface area contributed by atoms with Crippen molar-refractivity contribution in [2.24, 2.45) is 0 Å². The summed E-state index contributed by atoms with van der Waals surface area (Å²) in [7, 11) is 0. The van der Waals surface area contributed by atoms with Crippen molar-refractivity contribution in [2.45, 2.75) is 25.8 Å². The van der Waals surface area contributed by atoms with Crippen molar-refractivity contribution in [1.29, 1.82) is 0 Å². The summed E-state index contributed by atoms with van der Waals surface area (Å²) < 4.78 is 7.85. The zero-order valence-corrected chi connectivity index (χ0v) is 21.7. The first-order valence-corrected chi connectivity index (χ1v) is 12.9.